The second-order valence-corrected chi connectivity index (χ2v) is 5.07. The molecule has 88 valence electrons. The first-order valence-electron chi connectivity index (χ1n) is 5.79. The highest BCUT2D eigenvalue weighted by atomic mass is 35.5. The molecule has 4 heteroatoms. The van der Waals surface area contributed by atoms with Crippen LogP contribution in [0.5, 0.6) is 5.88 Å². The molecule has 3 unspecified atom stereocenters. The topological polar surface area (TPSA) is 35.0 Å². The zero-order valence-corrected chi connectivity index (χ0v) is 10.4. The van der Waals surface area contributed by atoms with Gasteiger partial charge in [0.25, 0.3) is 0 Å². The lowest BCUT2D eigenvalue weighted by molar-refractivity contribution is 0.0961. The van der Waals surface area contributed by atoms with E-state index in [0.717, 1.165) is 18.8 Å². The molecule has 0 aliphatic heterocycles. The predicted molar refractivity (Wildman–Crippen MR) is 63.6 cm³/mol. The fraction of sp³-hybridized carbons (Fsp3) is 0.667. The van der Waals surface area contributed by atoms with Gasteiger partial charge in [0.15, 0.2) is 5.15 Å². The molecule has 2 rings (SSSR count). The van der Waals surface area contributed by atoms with Gasteiger partial charge in [-0.2, -0.15) is 4.98 Å². The average Bonchev–Trinajstić information content (AvgIpc) is 2.24. The van der Waals surface area contributed by atoms with Gasteiger partial charge >= 0.3 is 0 Å². The second kappa shape index (κ2) is 5.00. The van der Waals surface area contributed by atoms with Crippen molar-refractivity contribution in [2.45, 2.75) is 39.2 Å². The van der Waals surface area contributed by atoms with Crippen molar-refractivity contribution in [2.24, 2.45) is 11.8 Å². The van der Waals surface area contributed by atoms with Gasteiger partial charge in [-0.05, 0) is 31.1 Å². The maximum Gasteiger partial charge on any atom is 0.234 e. The number of hydrogen-bond donors (Lipinski definition) is 0. The van der Waals surface area contributed by atoms with Gasteiger partial charge < -0.3 is 4.74 Å². The van der Waals surface area contributed by atoms with E-state index >= 15 is 0 Å². The highest BCUT2D eigenvalue weighted by Gasteiger charge is 2.25. The Labute approximate surface area is 101 Å². The van der Waals surface area contributed by atoms with Crippen molar-refractivity contribution in [1.82, 2.24) is 9.97 Å². The molecule has 1 aromatic heterocycles. The van der Waals surface area contributed by atoms with E-state index in [1.165, 1.54) is 12.6 Å². The first kappa shape index (κ1) is 11.6. The number of ether oxygens (including phenoxy) is 1. The molecule has 3 atom stereocenters. The number of nitrogens with zero attached hydrogens (tertiary/aromatic N) is 2. The molecule has 1 heterocycles. The molecule has 3 nitrogen and oxygen atoms in total. The summed E-state index contributed by atoms with van der Waals surface area (Å²) in [7, 11) is 0. The molecule has 1 aliphatic carbocycles. The number of aromatic nitrogens is 2. The molecule has 0 N–H and O–H groups in total. The Balaban J connectivity index is 1.95. The van der Waals surface area contributed by atoms with Crippen LogP contribution in [0.4, 0.5) is 0 Å². The van der Waals surface area contributed by atoms with Gasteiger partial charge in [0.1, 0.15) is 6.10 Å². The average molecular weight is 241 g/mol. The normalized spacial score (nSPS) is 30.1. The summed E-state index contributed by atoms with van der Waals surface area (Å²) in [5.74, 6) is 2.05. The Kier molecular flexibility index (Phi) is 3.64. The SMILES string of the molecule is CC1CCC(Oc2cncc(Cl)n2)CC1C. The minimum absolute atomic E-state index is 0.263. The van der Waals surface area contributed by atoms with E-state index in [1.807, 2.05) is 0 Å². The van der Waals surface area contributed by atoms with Crippen LogP contribution in [0.2, 0.25) is 5.15 Å². The Bertz CT molecular complexity index is 359. The summed E-state index contributed by atoms with van der Waals surface area (Å²) in [6.45, 7) is 4.59. The van der Waals surface area contributed by atoms with E-state index in [1.54, 1.807) is 6.20 Å². The molecular weight excluding hydrogens is 224 g/mol. The van der Waals surface area contributed by atoms with Crippen molar-refractivity contribution in [2.75, 3.05) is 0 Å². The fourth-order valence-corrected chi connectivity index (χ4v) is 2.30. The molecule has 0 bridgehead atoms. The highest BCUT2D eigenvalue weighted by molar-refractivity contribution is 6.29. The monoisotopic (exact) mass is 240 g/mol. The van der Waals surface area contributed by atoms with Gasteiger partial charge in [0.2, 0.25) is 5.88 Å². The van der Waals surface area contributed by atoms with Crippen LogP contribution < -0.4 is 4.74 Å². The summed E-state index contributed by atoms with van der Waals surface area (Å²) in [6, 6.07) is 0. The van der Waals surface area contributed by atoms with E-state index in [4.69, 9.17) is 16.3 Å². The van der Waals surface area contributed by atoms with Crippen molar-refractivity contribution < 1.29 is 4.74 Å². The maximum atomic E-state index is 5.80. The maximum absolute atomic E-state index is 5.80. The van der Waals surface area contributed by atoms with Gasteiger partial charge in [0.05, 0.1) is 12.4 Å². The van der Waals surface area contributed by atoms with Crippen molar-refractivity contribution in [3.63, 3.8) is 0 Å². The minimum atomic E-state index is 0.263. The van der Waals surface area contributed by atoms with E-state index in [-0.39, 0.29) is 6.10 Å². The van der Waals surface area contributed by atoms with Crippen LogP contribution >= 0.6 is 11.6 Å². The molecule has 1 aliphatic rings. The lowest BCUT2D eigenvalue weighted by atomic mass is 9.80. The van der Waals surface area contributed by atoms with Gasteiger partial charge in [-0.3, -0.25) is 4.98 Å². The molecule has 16 heavy (non-hydrogen) atoms. The van der Waals surface area contributed by atoms with Gasteiger partial charge in [-0.15, -0.1) is 0 Å². The van der Waals surface area contributed by atoms with Gasteiger partial charge in [-0.1, -0.05) is 25.4 Å². The Hall–Kier alpha value is -0.830. The summed E-state index contributed by atoms with van der Waals surface area (Å²) < 4.78 is 5.80. The highest BCUT2D eigenvalue weighted by Crippen LogP contribution is 2.31. The number of rotatable bonds is 2. The smallest absolute Gasteiger partial charge is 0.234 e. The van der Waals surface area contributed by atoms with E-state index in [2.05, 4.69) is 23.8 Å². The Morgan fingerprint density at radius 1 is 1.25 bits per heavy atom. The van der Waals surface area contributed by atoms with Crippen molar-refractivity contribution in [3.05, 3.63) is 17.5 Å². The van der Waals surface area contributed by atoms with Gasteiger partial charge in [-0.25, -0.2) is 0 Å². The summed E-state index contributed by atoms with van der Waals surface area (Å²) in [5.41, 5.74) is 0. The van der Waals surface area contributed by atoms with E-state index < -0.39 is 0 Å². The molecule has 0 amide bonds. The van der Waals surface area contributed by atoms with Crippen LogP contribution in [0, 0.1) is 11.8 Å². The molecule has 0 spiro atoms. The van der Waals surface area contributed by atoms with Crippen LogP contribution in [-0.2, 0) is 0 Å². The third kappa shape index (κ3) is 2.85. The van der Waals surface area contributed by atoms with Crippen LogP contribution in [0.15, 0.2) is 12.4 Å². The molecule has 0 radical (unpaired) electrons. The molecule has 0 saturated heterocycles. The third-order valence-corrected chi connectivity index (χ3v) is 3.60. The summed E-state index contributed by atoms with van der Waals surface area (Å²) in [5, 5.41) is 0.384. The Morgan fingerprint density at radius 2 is 2.06 bits per heavy atom. The van der Waals surface area contributed by atoms with Crippen molar-refractivity contribution in [3.8, 4) is 5.88 Å². The summed E-state index contributed by atoms with van der Waals surface area (Å²) in [6.07, 6.45) is 6.81. The largest absolute Gasteiger partial charge is 0.473 e. The van der Waals surface area contributed by atoms with Gasteiger partial charge in [0, 0.05) is 0 Å². The standard InChI is InChI=1S/C12H17ClN2O/c1-8-3-4-10(5-9(8)2)16-12-7-14-6-11(13)15-12/h6-10H,3-5H2,1-2H3. The molecule has 1 saturated carbocycles. The first-order chi connectivity index (χ1) is 7.65. The number of halogens is 1. The van der Waals surface area contributed by atoms with Crippen LogP contribution in [0.3, 0.4) is 0 Å². The lowest BCUT2D eigenvalue weighted by Crippen LogP contribution is -2.29. The molecule has 1 fully saturated rings. The quantitative estimate of drug-likeness (QED) is 0.795. The fourth-order valence-electron chi connectivity index (χ4n) is 2.16. The van der Waals surface area contributed by atoms with Crippen molar-refractivity contribution >= 4 is 11.6 Å². The predicted octanol–water partition coefficient (Wildman–Crippen LogP) is 3.33. The third-order valence-electron chi connectivity index (χ3n) is 3.42. The van der Waals surface area contributed by atoms with Crippen LogP contribution in [-0.4, -0.2) is 16.1 Å². The molecule has 0 aromatic carbocycles. The zero-order valence-electron chi connectivity index (χ0n) is 9.69. The van der Waals surface area contributed by atoms with E-state index in [0.29, 0.717) is 17.0 Å². The first-order valence-corrected chi connectivity index (χ1v) is 6.17. The van der Waals surface area contributed by atoms with E-state index in [9.17, 15) is 0 Å². The summed E-state index contributed by atoms with van der Waals surface area (Å²) >= 11 is 5.76. The lowest BCUT2D eigenvalue weighted by Gasteiger charge is -2.31. The van der Waals surface area contributed by atoms with Crippen LogP contribution in [0.25, 0.3) is 0 Å². The molecule has 1 aromatic rings. The Morgan fingerprint density at radius 3 is 2.75 bits per heavy atom. The zero-order chi connectivity index (χ0) is 11.5. The molecular formula is C12H17ClN2O. The van der Waals surface area contributed by atoms with Crippen molar-refractivity contribution in [1.29, 1.82) is 0 Å². The minimum Gasteiger partial charge on any atom is -0.473 e. The second-order valence-electron chi connectivity index (χ2n) is 4.69. The number of hydrogen-bond acceptors (Lipinski definition) is 3. The van der Waals surface area contributed by atoms with Crippen LogP contribution in [0.1, 0.15) is 33.1 Å². The summed E-state index contributed by atoms with van der Waals surface area (Å²) in [4.78, 5) is 8.06.